The standard InChI is InChI=1S/C16H29N3O/c1-2-7-16(8-5-9-17-16)15(20)19-12-11-18-10-4-3-6-14(18)13-19/h14,17H,2-13H2,1H3. The van der Waals surface area contributed by atoms with E-state index in [1.165, 1.54) is 25.8 Å². The number of rotatable bonds is 3. The van der Waals surface area contributed by atoms with Crippen molar-refractivity contribution in [2.75, 3.05) is 32.7 Å². The zero-order chi connectivity index (χ0) is 14.0. The minimum atomic E-state index is -0.231. The largest absolute Gasteiger partial charge is 0.338 e. The molecular weight excluding hydrogens is 250 g/mol. The number of hydrogen-bond acceptors (Lipinski definition) is 3. The first-order chi connectivity index (χ1) is 9.75. The lowest BCUT2D eigenvalue weighted by molar-refractivity contribution is -0.141. The summed E-state index contributed by atoms with van der Waals surface area (Å²) < 4.78 is 0. The Labute approximate surface area is 122 Å². The molecule has 114 valence electrons. The summed E-state index contributed by atoms with van der Waals surface area (Å²) in [6, 6.07) is 0.626. The molecule has 4 heteroatoms. The van der Waals surface area contributed by atoms with Crippen LogP contribution < -0.4 is 5.32 Å². The van der Waals surface area contributed by atoms with E-state index in [1.54, 1.807) is 0 Å². The summed E-state index contributed by atoms with van der Waals surface area (Å²) in [4.78, 5) is 17.8. The van der Waals surface area contributed by atoms with Crippen LogP contribution in [0, 0.1) is 0 Å². The first-order valence-corrected chi connectivity index (χ1v) is 8.54. The quantitative estimate of drug-likeness (QED) is 0.852. The molecule has 0 bridgehead atoms. The fraction of sp³-hybridized carbons (Fsp3) is 0.938. The van der Waals surface area contributed by atoms with Crippen LogP contribution in [-0.2, 0) is 4.79 Å². The van der Waals surface area contributed by atoms with Crippen LogP contribution in [0.2, 0.25) is 0 Å². The highest BCUT2D eigenvalue weighted by Gasteiger charge is 2.44. The monoisotopic (exact) mass is 279 g/mol. The number of nitrogens with one attached hydrogen (secondary N) is 1. The molecular formula is C16H29N3O. The molecule has 20 heavy (non-hydrogen) atoms. The Bertz CT molecular complexity index is 352. The Morgan fingerprint density at radius 3 is 2.90 bits per heavy atom. The van der Waals surface area contributed by atoms with E-state index in [0.29, 0.717) is 11.9 Å². The van der Waals surface area contributed by atoms with Crippen molar-refractivity contribution in [3.8, 4) is 0 Å². The molecule has 4 nitrogen and oxygen atoms in total. The van der Waals surface area contributed by atoms with Gasteiger partial charge in [-0.2, -0.15) is 0 Å². The molecule has 2 atom stereocenters. The maximum Gasteiger partial charge on any atom is 0.242 e. The minimum absolute atomic E-state index is 0.231. The first-order valence-electron chi connectivity index (χ1n) is 8.54. The van der Waals surface area contributed by atoms with Crippen molar-refractivity contribution in [1.29, 1.82) is 0 Å². The summed E-state index contributed by atoms with van der Waals surface area (Å²) in [6.45, 7) is 7.42. The lowest BCUT2D eigenvalue weighted by atomic mass is 9.89. The lowest BCUT2D eigenvalue weighted by Gasteiger charge is -2.46. The third-order valence-electron chi connectivity index (χ3n) is 5.45. The number of piperazine rings is 1. The highest BCUT2D eigenvalue weighted by molar-refractivity contribution is 5.87. The van der Waals surface area contributed by atoms with E-state index >= 15 is 0 Å². The maximum absolute atomic E-state index is 13.0. The average molecular weight is 279 g/mol. The van der Waals surface area contributed by atoms with Crippen molar-refractivity contribution in [3.05, 3.63) is 0 Å². The number of nitrogens with zero attached hydrogens (tertiary/aromatic N) is 2. The fourth-order valence-corrected chi connectivity index (χ4v) is 4.38. The summed E-state index contributed by atoms with van der Waals surface area (Å²) in [5.41, 5.74) is -0.231. The van der Waals surface area contributed by atoms with E-state index in [0.717, 1.165) is 51.9 Å². The van der Waals surface area contributed by atoms with Crippen LogP contribution in [0.3, 0.4) is 0 Å². The van der Waals surface area contributed by atoms with Crippen LogP contribution in [0.1, 0.15) is 51.9 Å². The van der Waals surface area contributed by atoms with Gasteiger partial charge in [-0.05, 0) is 45.2 Å². The third-order valence-corrected chi connectivity index (χ3v) is 5.45. The smallest absolute Gasteiger partial charge is 0.242 e. The second kappa shape index (κ2) is 6.02. The second-order valence-electron chi connectivity index (χ2n) is 6.80. The van der Waals surface area contributed by atoms with Crippen molar-refractivity contribution in [2.24, 2.45) is 0 Å². The normalized spacial score (nSPS) is 35.0. The van der Waals surface area contributed by atoms with Gasteiger partial charge in [0.1, 0.15) is 0 Å². The van der Waals surface area contributed by atoms with Crippen LogP contribution in [0.5, 0.6) is 0 Å². The third kappa shape index (κ3) is 2.60. The van der Waals surface area contributed by atoms with Gasteiger partial charge in [-0.1, -0.05) is 19.8 Å². The zero-order valence-corrected chi connectivity index (χ0v) is 12.9. The first kappa shape index (κ1) is 14.3. The van der Waals surface area contributed by atoms with Crippen LogP contribution >= 0.6 is 0 Å². The molecule has 2 unspecified atom stereocenters. The molecule has 0 aromatic rings. The summed E-state index contributed by atoms with van der Waals surface area (Å²) in [7, 11) is 0. The van der Waals surface area contributed by atoms with Crippen LogP contribution in [0.25, 0.3) is 0 Å². The van der Waals surface area contributed by atoms with Gasteiger partial charge in [0.05, 0.1) is 5.54 Å². The molecule has 3 rings (SSSR count). The molecule has 0 aromatic heterocycles. The molecule has 3 saturated heterocycles. The molecule has 3 aliphatic heterocycles. The summed E-state index contributed by atoms with van der Waals surface area (Å²) >= 11 is 0. The predicted molar refractivity (Wildman–Crippen MR) is 80.7 cm³/mol. The van der Waals surface area contributed by atoms with E-state index in [1.807, 2.05) is 0 Å². The summed E-state index contributed by atoms with van der Waals surface area (Å²) in [6.07, 6.45) is 8.21. The highest BCUT2D eigenvalue weighted by Crippen LogP contribution is 2.29. The van der Waals surface area contributed by atoms with Crippen LogP contribution in [0.4, 0.5) is 0 Å². The molecule has 1 amide bonds. The van der Waals surface area contributed by atoms with Gasteiger partial charge in [0.15, 0.2) is 0 Å². The SMILES string of the molecule is CCCC1(C(=O)N2CCN3CCCCC3C2)CCCN1. The molecule has 3 fully saturated rings. The minimum Gasteiger partial charge on any atom is -0.338 e. The number of amides is 1. The summed E-state index contributed by atoms with van der Waals surface area (Å²) in [5, 5.41) is 3.54. The lowest BCUT2D eigenvalue weighted by Crippen LogP contribution is -2.62. The number of carbonyl (C=O) groups is 1. The Kier molecular flexibility index (Phi) is 4.32. The van der Waals surface area contributed by atoms with Gasteiger partial charge in [-0.25, -0.2) is 0 Å². The molecule has 3 aliphatic rings. The van der Waals surface area contributed by atoms with Crippen LogP contribution in [0.15, 0.2) is 0 Å². The molecule has 0 aliphatic carbocycles. The van der Waals surface area contributed by atoms with Crippen molar-refractivity contribution >= 4 is 5.91 Å². The number of carbonyl (C=O) groups excluding carboxylic acids is 1. The van der Waals surface area contributed by atoms with Gasteiger partial charge in [0.25, 0.3) is 0 Å². The van der Waals surface area contributed by atoms with Crippen LogP contribution in [-0.4, -0.2) is 60.0 Å². The highest BCUT2D eigenvalue weighted by atomic mass is 16.2. The van der Waals surface area contributed by atoms with Crippen molar-refractivity contribution in [1.82, 2.24) is 15.1 Å². The van der Waals surface area contributed by atoms with Crippen molar-refractivity contribution in [3.63, 3.8) is 0 Å². The molecule has 3 heterocycles. The van der Waals surface area contributed by atoms with Gasteiger partial charge in [0.2, 0.25) is 5.91 Å². The predicted octanol–water partition coefficient (Wildman–Crippen LogP) is 1.61. The van der Waals surface area contributed by atoms with Gasteiger partial charge >= 0.3 is 0 Å². The molecule has 0 saturated carbocycles. The molecule has 0 radical (unpaired) electrons. The van der Waals surface area contributed by atoms with E-state index in [4.69, 9.17) is 0 Å². The molecule has 0 spiro atoms. The van der Waals surface area contributed by atoms with Gasteiger partial charge in [-0.3, -0.25) is 9.69 Å². The second-order valence-corrected chi connectivity index (χ2v) is 6.80. The Morgan fingerprint density at radius 1 is 1.25 bits per heavy atom. The Morgan fingerprint density at radius 2 is 2.15 bits per heavy atom. The zero-order valence-electron chi connectivity index (χ0n) is 12.9. The van der Waals surface area contributed by atoms with E-state index in [-0.39, 0.29) is 5.54 Å². The number of hydrogen-bond donors (Lipinski definition) is 1. The number of piperidine rings is 1. The maximum atomic E-state index is 13.0. The van der Waals surface area contributed by atoms with Gasteiger partial charge < -0.3 is 10.2 Å². The number of fused-ring (bicyclic) bond motifs is 1. The fourth-order valence-electron chi connectivity index (χ4n) is 4.38. The van der Waals surface area contributed by atoms with Gasteiger partial charge in [-0.15, -0.1) is 0 Å². The average Bonchev–Trinajstić information content (AvgIpc) is 2.96. The Hall–Kier alpha value is -0.610. The van der Waals surface area contributed by atoms with E-state index < -0.39 is 0 Å². The molecule has 1 N–H and O–H groups in total. The van der Waals surface area contributed by atoms with E-state index in [2.05, 4.69) is 22.0 Å². The van der Waals surface area contributed by atoms with Gasteiger partial charge in [0, 0.05) is 25.7 Å². The summed E-state index contributed by atoms with van der Waals surface area (Å²) in [5.74, 6) is 0.391. The molecule has 0 aromatic carbocycles. The topological polar surface area (TPSA) is 35.6 Å². The van der Waals surface area contributed by atoms with Crippen molar-refractivity contribution < 1.29 is 4.79 Å². The Balaban J connectivity index is 1.67. The van der Waals surface area contributed by atoms with Crippen molar-refractivity contribution in [2.45, 2.75) is 63.5 Å². The van der Waals surface area contributed by atoms with E-state index in [9.17, 15) is 4.79 Å².